The number of anilines is 1. The second kappa shape index (κ2) is 6.07. The molecule has 4 nitrogen and oxygen atoms in total. The fourth-order valence-corrected chi connectivity index (χ4v) is 4.13. The predicted molar refractivity (Wildman–Crippen MR) is 99.9 cm³/mol. The third kappa shape index (κ3) is 3.09. The maximum absolute atomic E-state index is 12.5. The molecule has 0 bridgehead atoms. The molecule has 0 fully saturated rings. The van der Waals surface area contributed by atoms with Gasteiger partial charge in [-0.05, 0) is 61.7 Å². The van der Waals surface area contributed by atoms with Gasteiger partial charge in [0.2, 0.25) is 0 Å². The van der Waals surface area contributed by atoms with Crippen LogP contribution in [-0.4, -0.2) is 14.3 Å². The summed E-state index contributed by atoms with van der Waals surface area (Å²) in [6, 6.07) is 12.6. The van der Waals surface area contributed by atoms with E-state index in [0.29, 0.717) is 22.0 Å². The first-order valence-electron chi connectivity index (χ1n) is 7.44. The van der Waals surface area contributed by atoms with Gasteiger partial charge < -0.3 is 5.32 Å². The molecule has 0 spiro atoms. The fraction of sp³-hybridized carbons (Fsp3) is 0.167. The molecule has 0 saturated heterocycles. The average Bonchev–Trinajstić information content (AvgIpc) is 2.73. The minimum atomic E-state index is -3.73. The lowest BCUT2D eigenvalue weighted by molar-refractivity contribution is 0.608. The van der Waals surface area contributed by atoms with Crippen molar-refractivity contribution in [2.24, 2.45) is 4.40 Å². The maximum atomic E-state index is 12.5. The number of hydrogen-bond donors (Lipinski definition) is 1. The summed E-state index contributed by atoms with van der Waals surface area (Å²) in [6.07, 6.45) is 0. The van der Waals surface area contributed by atoms with Crippen molar-refractivity contribution < 1.29 is 8.42 Å². The Labute approximate surface area is 146 Å². The van der Waals surface area contributed by atoms with E-state index in [9.17, 15) is 8.42 Å². The molecular weight excluding hydrogens is 344 g/mol. The second-order valence-electron chi connectivity index (χ2n) is 5.80. The zero-order valence-electron chi connectivity index (χ0n) is 13.6. The molecule has 2 aromatic rings. The van der Waals surface area contributed by atoms with Crippen molar-refractivity contribution in [1.82, 2.24) is 0 Å². The van der Waals surface area contributed by atoms with E-state index in [-0.39, 0.29) is 4.91 Å². The van der Waals surface area contributed by atoms with Gasteiger partial charge in [-0.2, -0.15) is 8.42 Å². The Balaban J connectivity index is 2.00. The number of nitrogens with zero attached hydrogens (tertiary/aromatic N) is 1. The lowest BCUT2D eigenvalue weighted by Crippen LogP contribution is -2.11. The van der Waals surface area contributed by atoms with Gasteiger partial charge in [0.1, 0.15) is 10.7 Å². The standard InChI is InChI=1S/C18H17ClN2O2S/c1-11-4-9-16(10-12(11)2)20-18-13(3)17(24(22,23)21-18)14-5-7-15(19)8-6-14/h4-10H,1-3H3,(H,20,21). The molecule has 0 radical (unpaired) electrons. The Morgan fingerprint density at radius 1 is 0.958 bits per heavy atom. The van der Waals surface area contributed by atoms with E-state index in [4.69, 9.17) is 11.6 Å². The van der Waals surface area contributed by atoms with Crippen LogP contribution in [-0.2, 0) is 10.0 Å². The number of rotatable bonds is 2. The zero-order chi connectivity index (χ0) is 17.5. The Hall–Kier alpha value is -2.11. The second-order valence-corrected chi connectivity index (χ2v) is 7.78. The third-order valence-electron chi connectivity index (χ3n) is 4.04. The molecule has 1 heterocycles. The van der Waals surface area contributed by atoms with Crippen molar-refractivity contribution in [3.63, 3.8) is 0 Å². The zero-order valence-corrected chi connectivity index (χ0v) is 15.2. The molecular formula is C18H17ClN2O2S. The van der Waals surface area contributed by atoms with Gasteiger partial charge in [0.25, 0.3) is 10.0 Å². The molecule has 0 atom stereocenters. The van der Waals surface area contributed by atoms with Gasteiger partial charge in [-0.1, -0.05) is 29.8 Å². The van der Waals surface area contributed by atoms with Crippen LogP contribution in [0.2, 0.25) is 5.02 Å². The van der Waals surface area contributed by atoms with Crippen molar-refractivity contribution >= 4 is 38.1 Å². The van der Waals surface area contributed by atoms with Gasteiger partial charge in [-0.15, -0.1) is 4.40 Å². The molecule has 24 heavy (non-hydrogen) atoms. The molecule has 1 aliphatic rings. The maximum Gasteiger partial charge on any atom is 0.285 e. The number of halogens is 1. The third-order valence-corrected chi connectivity index (χ3v) is 5.77. The number of aryl methyl sites for hydroxylation is 2. The van der Waals surface area contributed by atoms with Crippen LogP contribution in [0.5, 0.6) is 0 Å². The van der Waals surface area contributed by atoms with Crippen LogP contribution in [0.4, 0.5) is 5.69 Å². The smallest absolute Gasteiger partial charge is 0.285 e. The number of nitrogens with one attached hydrogen (secondary N) is 1. The highest BCUT2D eigenvalue weighted by atomic mass is 35.5. The summed E-state index contributed by atoms with van der Waals surface area (Å²) < 4.78 is 28.8. The van der Waals surface area contributed by atoms with Gasteiger partial charge >= 0.3 is 0 Å². The summed E-state index contributed by atoms with van der Waals surface area (Å²) in [5, 5.41) is 3.67. The van der Waals surface area contributed by atoms with E-state index in [2.05, 4.69) is 9.71 Å². The lowest BCUT2D eigenvalue weighted by Gasteiger charge is -2.09. The first kappa shape index (κ1) is 16.7. The van der Waals surface area contributed by atoms with Crippen LogP contribution in [0.3, 0.4) is 0 Å². The van der Waals surface area contributed by atoms with E-state index in [1.165, 1.54) is 5.56 Å². The quantitative estimate of drug-likeness (QED) is 0.855. The van der Waals surface area contributed by atoms with Crippen molar-refractivity contribution in [3.05, 3.63) is 69.8 Å². The summed E-state index contributed by atoms with van der Waals surface area (Å²) in [6.45, 7) is 5.79. The summed E-state index contributed by atoms with van der Waals surface area (Å²) >= 11 is 5.88. The van der Waals surface area contributed by atoms with E-state index < -0.39 is 10.0 Å². The molecule has 2 aromatic carbocycles. The monoisotopic (exact) mass is 360 g/mol. The van der Waals surface area contributed by atoms with Crippen LogP contribution in [0, 0.1) is 13.8 Å². The Morgan fingerprint density at radius 3 is 2.25 bits per heavy atom. The number of benzene rings is 2. The SMILES string of the molecule is CC1=C(c2ccc(Cl)cc2)S(=O)(=O)N=C1Nc1ccc(C)c(C)c1. The van der Waals surface area contributed by atoms with Gasteiger partial charge in [0.05, 0.1) is 0 Å². The summed E-state index contributed by atoms with van der Waals surface area (Å²) in [7, 11) is -3.73. The molecule has 0 saturated carbocycles. The highest BCUT2D eigenvalue weighted by Gasteiger charge is 2.31. The predicted octanol–water partition coefficient (Wildman–Crippen LogP) is 4.54. The highest BCUT2D eigenvalue weighted by molar-refractivity contribution is 8.00. The molecule has 6 heteroatoms. The molecule has 3 rings (SSSR count). The Bertz CT molecular complexity index is 975. The van der Waals surface area contributed by atoms with Crippen LogP contribution in [0.15, 0.2) is 52.4 Å². The number of amidine groups is 1. The minimum Gasteiger partial charge on any atom is -0.339 e. The average molecular weight is 361 g/mol. The first-order chi connectivity index (χ1) is 11.3. The molecule has 1 aliphatic heterocycles. The highest BCUT2D eigenvalue weighted by Crippen LogP contribution is 2.33. The van der Waals surface area contributed by atoms with E-state index in [0.717, 1.165) is 11.3 Å². The minimum absolute atomic E-state index is 0.213. The van der Waals surface area contributed by atoms with Crippen LogP contribution in [0.25, 0.3) is 4.91 Å². The van der Waals surface area contributed by atoms with Gasteiger partial charge in [0, 0.05) is 16.3 Å². The van der Waals surface area contributed by atoms with Gasteiger partial charge in [0.15, 0.2) is 0 Å². The topological polar surface area (TPSA) is 58.5 Å². The lowest BCUT2D eigenvalue weighted by atomic mass is 10.1. The Morgan fingerprint density at radius 2 is 1.62 bits per heavy atom. The first-order valence-corrected chi connectivity index (χ1v) is 9.26. The van der Waals surface area contributed by atoms with Crippen LogP contribution < -0.4 is 5.32 Å². The molecule has 0 unspecified atom stereocenters. The normalized spacial score (nSPS) is 16.2. The van der Waals surface area contributed by atoms with Gasteiger partial charge in [-0.3, -0.25) is 0 Å². The Kier molecular flexibility index (Phi) is 4.24. The summed E-state index contributed by atoms with van der Waals surface area (Å²) in [5.74, 6) is 0.350. The molecule has 1 N–H and O–H groups in total. The fourth-order valence-electron chi connectivity index (χ4n) is 2.57. The summed E-state index contributed by atoms with van der Waals surface area (Å²) in [4.78, 5) is 0.213. The van der Waals surface area contributed by atoms with Crippen molar-refractivity contribution in [3.8, 4) is 0 Å². The van der Waals surface area contributed by atoms with Crippen molar-refractivity contribution in [2.75, 3.05) is 5.32 Å². The largest absolute Gasteiger partial charge is 0.339 e. The van der Waals surface area contributed by atoms with Gasteiger partial charge in [-0.25, -0.2) is 0 Å². The van der Waals surface area contributed by atoms with E-state index >= 15 is 0 Å². The van der Waals surface area contributed by atoms with Crippen LogP contribution in [0.1, 0.15) is 23.6 Å². The van der Waals surface area contributed by atoms with E-state index in [1.54, 1.807) is 31.2 Å². The summed E-state index contributed by atoms with van der Waals surface area (Å²) in [5.41, 5.74) is 4.29. The van der Waals surface area contributed by atoms with Crippen LogP contribution >= 0.6 is 11.6 Å². The van der Waals surface area contributed by atoms with E-state index in [1.807, 2.05) is 32.0 Å². The molecule has 0 aliphatic carbocycles. The molecule has 0 amide bonds. The van der Waals surface area contributed by atoms with Crippen molar-refractivity contribution in [1.29, 1.82) is 0 Å². The number of hydrogen-bond acceptors (Lipinski definition) is 3. The molecule has 0 aromatic heterocycles. The number of sulfonamides is 1. The van der Waals surface area contributed by atoms with Crippen molar-refractivity contribution in [2.45, 2.75) is 20.8 Å². The molecule has 124 valence electrons.